The molecular formula is C17H22N4O9S. The van der Waals surface area contributed by atoms with Gasteiger partial charge in [-0.05, 0) is 6.07 Å². The molecule has 31 heavy (non-hydrogen) atoms. The Morgan fingerprint density at radius 3 is 2.58 bits per heavy atom. The first-order valence-electron chi connectivity index (χ1n) is 9.14. The molecule has 170 valence electrons. The quantitative estimate of drug-likeness (QED) is 0.308. The summed E-state index contributed by atoms with van der Waals surface area (Å²) in [6.07, 6.45) is -0.152. The minimum absolute atomic E-state index is 0.0000820. The molecule has 1 aliphatic rings. The van der Waals surface area contributed by atoms with E-state index in [1.807, 2.05) is 5.48 Å². The summed E-state index contributed by atoms with van der Waals surface area (Å²) in [4.78, 5) is 66.2. The number of carbonyl (C=O) groups is 4. The van der Waals surface area contributed by atoms with Crippen LogP contribution in [0.4, 0.5) is 5.82 Å². The van der Waals surface area contributed by atoms with E-state index in [0.29, 0.717) is 5.75 Å². The number of nitrogens with zero attached hydrogens (tertiary/aromatic N) is 2. The van der Waals surface area contributed by atoms with Gasteiger partial charge in [0, 0.05) is 24.8 Å². The first-order chi connectivity index (χ1) is 14.8. The van der Waals surface area contributed by atoms with Crippen LogP contribution in [0.25, 0.3) is 0 Å². The number of anilines is 1. The number of carbonyl (C=O) groups excluding carboxylic acids is 4. The van der Waals surface area contributed by atoms with Gasteiger partial charge >= 0.3 is 17.6 Å². The van der Waals surface area contributed by atoms with Gasteiger partial charge in [0.25, 0.3) is 5.91 Å². The maximum absolute atomic E-state index is 12.1. The standard InChI is InChI=1S/C17H22N4O9S/c1-28-14(25)4-3-12(24)20-30-15(26)5-2-11(23)18-10-6-7-21(17(27)19-10)13-9-31-16(8-22)29-13/h6-7,13,16,22H,2-5,8-9H2,1H3,(H,20,24)(H,18,19,23,27)/t13-,16+/m1/s1. The molecule has 0 aromatic carbocycles. The Kier molecular flexibility index (Phi) is 9.42. The number of hydrogen-bond donors (Lipinski definition) is 3. The summed E-state index contributed by atoms with van der Waals surface area (Å²) < 4.78 is 11.1. The number of hydroxylamine groups is 1. The van der Waals surface area contributed by atoms with Crippen LogP contribution in [0.5, 0.6) is 0 Å². The maximum Gasteiger partial charge on any atom is 0.351 e. The predicted octanol–water partition coefficient (Wildman–Crippen LogP) is -0.930. The molecule has 2 atom stereocenters. The molecule has 3 N–H and O–H groups in total. The van der Waals surface area contributed by atoms with E-state index in [1.165, 1.54) is 35.7 Å². The summed E-state index contributed by atoms with van der Waals surface area (Å²) in [7, 11) is 1.18. The lowest BCUT2D eigenvalue weighted by Crippen LogP contribution is -2.30. The monoisotopic (exact) mass is 458 g/mol. The Morgan fingerprint density at radius 1 is 1.23 bits per heavy atom. The van der Waals surface area contributed by atoms with E-state index < -0.39 is 41.1 Å². The second kappa shape index (κ2) is 12.0. The van der Waals surface area contributed by atoms with Crippen LogP contribution in [-0.2, 0) is 33.5 Å². The first-order valence-corrected chi connectivity index (χ1v) is 10.2. The number of amides is 2. The SMILES string of the molecule is COC(=O)CCC(=O)NOC(=O)CCC(=O)Nc1ccn([C@H]2CS[C@@H](CO)O2)c(=O)n1. The van der Waals surface area contributed by atoms with Gasteiger partial charge in [-0.2, -0.15) is 10.5 Å². The molecule has 2 rings (SSSR count). The van der Waals surface area contributed by atoms with Crippen molar-refractivity contribution in [3.63, 3.8) is 0 Å². The third-order valence-corrected chi connectivity index (χ3v) is 5.02. The molecule has 0 bridgehead atoms. The summed E-state index contributed by atoms with van der Waals surface area (Å²) in [5.41, 5.74) is 0.818. The number of aromatic nitrogens is 2. The van der Waals surface area contributed by atoms with Gasteiger partial charge in [0.05, 0.1) is 26.6 Å². The second-order valence-electron chi connectivity index (χ2n) is 6.16. The van der Waals surface area contributed by atoms with Crippen LogP contribution >= 0.6 is 11.8 Å². The zero-order chi connectivity index (χ0) is 22.8. The molecule has 0 saturated carbocycles. The van der Waals surface area contributed by atoms with Crippen molar-refractivity contribution in [3.8, 4) is 0 Å². The lowest BCUT2D eigenvalue weighted by Gasteiger charge is -2.14. The predicted molar refractivity (Wildman–Crippen MR) is 105 cm³/mol. The summed E-state index contributed by atoms with van der Waals surface area (Å²) in [5.74, 6) is -2.25. The van der Waals surface area contributed by atoms with Gasteiger partial charge < -0.3 is 24.7 Å². The fourth-order valence-electron chi connectivity index (χ4n) is 2.34. The van der Waals surface area contributed by atoms with Crippen molar-refractivity contribution in [2.75, 3.05) is 24.8 Å². The lowest BCUT2D eigenvalue weighted by atomic mass is 10.3. The number of thioether (sulfide) groups is 1. The highest BCUT2D eigenvalue weighted by Gasteiger charge is 2.27. The fourth-order valence-corrected chi connectivity index (χ4v) is 3.27. The van der Waals surface area contributed by atoms with E-state index in [4.69, 9.17) is 9.84 Å². The number of ether oxygens (including phenoxy) is 2. The number of methoxy groups -OCH3 is 1. The zero-order valence-electron chi connectivity index (χ0n) is 16.6. The topological polar surface area (TPSA) is 175 Å². The molecule has 1 aromatic heterocycles. The first kappa shape index (κ1) is 24.3. The van der Waals surface area contributed by atoms with Crippen LogP contribution < -0.4 is 16.5 Å². The minimum Gasteiger partial charge on any atom is -0.469 e. The minimum atomic E-state index is -0.862. The fraction of sp³-hybridized carbons (Fsp3) is 0.529. The van der Waals surface area contributed by atoms with Crippen LogP contribution in [0, 0.1) is 0 Å². The Bertz CT molecular complexity index is 875. The molecule has 0 spiro atoms. The van der Waals surface area contributed by atoms with Crippen molar-refractivity contribution in [2.24, 2.45) is 0 Å². The summed E-state index contributed by atoms with van der Waals surface area (Å²) in [6.45, 7) is -0.170. The number of nitrogens with one attached hydrogen (secondary N) is 2. The molecule has 1 saturated heterocycles. The molecular weight excluding hydrogens is 436 g/mol. The zero-order valence-corrected chi connectivity index (χ0v) is 17.4. The number of aliphatic hydroxyl groups excluding tert-OH is 1. The van der Waals surface area contributed by atoms with Crippen molar-refractivity contribution in [2.45, 2.75) is 37.3 Å². The summed E-state index contributed by atoms with van der Waals surface area (Å²) >= 11 is 1.37. The normalized spacial score (nSPS) is 17.6. The van der Waals surface area contributed by atoms with Crippen LogP contribution in [0.15, 0.2) is 17.1 Å². The molecule has 1 fully saturated rings. The van der Waals surface area contributed by atoms with Crippen LogP contribution in [0.3, 0.4) is 0 Å². The second-order valence-corrected chi connectivity index (χ2v) is 7.35. The van der Waals surface area contributed by atoms with Gasteiger partial charge in [-0.25, -0.2) is 9.59 Å². The molecule has 1 aromatic rings. The Labute approximate surface area is 180 Å². The van der Waals surface area contributed by atoms with Crippen LogP contribution in [-0.4, -0.2) is 63.3 Å². The highest BCUT2D eigenvalue weighted by molar-refractivity contribution is 8.00. The van der Waals surface area contributed by atoms with Crippen molar-refractivity contribution >= 4 is 41.3 Å². The number of rotatable bonds is 9. The van der Waals surface area contributed by atoms with E-state index in [2.05, 4.69) is 19.9 Å². The van der Waals surface area contributed by atoms with Crippen LogP contribution in [0.2, 0.25) is 0 Å². The molecule has 0 aliphatic carbocycles. The average molecular weight is 458 g/mol. The van der Waals surface area contributed by atoms with Gasteiger partial charge in [-0.15, -0.1) is 11.8 Å². The van der Waals surface area contributed by atoms with E-state index in [-0.39, 0.29) is 38.1 Å². The molecule has 0 radical (unpaired) electrons. The Morgan fingerprint density at radius 2 is 1.94 bits per heavy atom. The van der Waals surface area contributed by atoms with Crippen molar-refractivity contribution < 1.29 is 38.6 Å². The number of hydrogen-bond acceptors (Lipinski definition) is 11. The molecule has 0 unspecified atom stereocenters. The van der Waals surface area contributed by atoms with E-state index in [1.54, 1.807) is 0 Å². The number of esters is 1. The van der Waals surface area contributed by atoms with Gasteiger partial charge in [0.15, 0.2) is 0 Å². The smallest absolute Gasteiger partial charge is 0.351 e. The van der Waals surface area contributed by atoms with Gasteiger partial charge in [-0.3, -0.25) is 19.0 Å². The van der Waals surface area contributed by atoms with E-state index in [9.17, 15) is 24.0 Å². The molecule has 14 heteroatoms. The highest BCUT2D eigenvalue weighted by Crippen LogP contribution is 2.30. The van der Waals surface area contributed by atoms with Gasteiger partial charge in [-0.1, -0.05) is 0 Å². The third kappa shape index (κ3) is 7.99. The van der Waals surface area contributed by atoms with E-state index in [0.717, 1.165) is 0 Å². The van der Waals surface area contributed by atoms with Crippen LogP contribution in [0.1, 0.15) is 31.9 Å². The molecule has 1 aliphatic heterocycles. The van der Waals surface area contributed by atoms with Gasteiger partial charge in [0.1, 0.15) is 17.5 Å². The molecule has 13 nitrogen and oxygen atoms in total. The Hall–Kier alpha value is -2.97. The van der Waals surface area contributed by atoms with Crippen molar-refractivity contribution in [1.82, 2.24) is 15.0 Å². The largest absolute Gasteiger partial charge is 0.469 e. The third-order valence-electron chi connectivity index (χ3n) is 3.91. The molecule has 2 amide bonds. The number of aliphatic hydroxyl groups is 1. The summed E-state index contributed by atoms with van der Waals surface area (Å²) in [6, 6.07) is 1.40. The maximum atomic E-state index is 12.1. The van der Waals surface area contributed by atoms with Crippen molar-refractivity contribution in [3.05, 3.63) is 22.7 Å². The lowest BCUT2D eigenvalue weighted by molar-refractivity contribution is -0.159. The van der Waals surface area contributed by atoms with Gasteiger partial charge in [0.2, 0.25) is 5.91 Å². The average Bonchev–Trinajstić information content (AvgIpc) is 3.23. The highest BCUT2D eigenvalue weighted by atomic mass is 32.2. The molecule has 2 heterocycles. The summed E-state index contributed by atoms with van der Waals surface area (Å²) in [5, 5.41) is 11.5. The van der Waals surface area contributed by atoms with Crippen molar-refractivity contribution in [1.29, 1.82) is 0 Å². The van der Waals surface area contributed by atoms with E-state index >= 15 is 0 Å². The Balaban J connectivity index is 1.73.